The summed E-state index contributed by atoms with van der Waals surface area (Å²) in [6.45, 7) is 5.19. The van der Waals surface area contributed by atoms with Crippen molar-refractivity contribution >= 4 is 11.6 Å². The minimum Gasteiger partial charge on any atom is -0.491 e. The molecule has 0 atom stereocenters. The Balaban J connectivity index is 2.15. The van der Waals surface area contributed by atoms with E-state index < -0.39 is 0 Å². The quantitative estimate of drug-likeness (QED) is 0.727. The van der Waals surface area contributed by atoms with Crippen molar-refractivity contribution in [3.8, 4) is 5.75 Å². The molecule has 4 heteroatoms. The van der Waals surface area contributed by atoms with Crippen LogP contribution in [0.5, 0.6) is 5.75 Å². The van der Waals surface area contributed by atoms with Gasteiger partial charge in [-0.25, -0.2) is 0 Å². The molecule has 3 nitrogen and oxygen atoms in total. The number of rotatable bonds is 8. The van der Waals surface area contributed by atoms with Crippen LogP contribution in [-0.4, -0.2) is 33.4 Å². The summed E-state index contributed by atoms with van der Waals surface area (Å²) >= 11 is 6.02. The maximum Gasteiger partial charge on any atom is 0.138 e. The van der Waals surface area contributed by atoms with Crippen LogP contribution in [0.25, 0.3) is 0 Å². The largest absolute Gasteiger partial charge is 0.491 e. The van der Waals surface area contributed by atoms with Gasteiger partial charge in [-0.1, -0.05) is 17.7 Å². The van der Waals surface area contributed by atoms with E-state index in [1.54, 1.807) is 7.11 Å². The van der Waals surface area contributed by atoms with Crippen molar-refractivity contribution in [3.05, 3.63) is 28.8 Å². The summed E-state index contributed by atoms with van der Waals surface area (Å²) in [5.41, 5.74) is 1.15. The number of hydrogen-bond donors (Lipinski definition) is 1. The first-order valence-electron chi connectivity index (χ1n) is 5.82. The molecule has 0 heterocycles. The molecule has 0 amide bonds. The SMILES string of the molecule is COCCCNCCOc1cc(C)ccc1Cl. The molecule has 1 rings (SSSR count). The van der Waals surface area contributed by atoms with Crippen molar-refractivity contribution in [1.82, 2.24) is 5.32 Å². The van der Waals surface area contributed by atoms with Crippen molar-refractivity contribution < 1.29 is 9.47 Å². The molecule has 0 aliphatic carbocycles. The first-order valence-corrected chi connectivity index (χ1v) is 6.20. The molecule has 1 aromatic rings. The summed E-state index contributed by atoms with van der Waals surface area (Å²) in [4.78, 5) is 0. The van der Waals surface area contributed by atoms with Gasteiger partial charge in [-0.15, -0.1) is 0 Å². The third-order valence-corrected chi connectivity index (χ3v) is 2.64. The molecule has 0 saturated carbocycles. The number of benzene rings is 1. The fraction of sp³-hybridized carbons (Fsp3) is 0.538. The first kappa shape index (κ1) is 14.3. The Morgan fingerprint density at radius 1 is 1.24 bits per heavy atom. The van der Waals surface area contributed by atoms with Crippen LogP contribution in [0.15, 0.2) is 18.2 Å². The maximum atomic E-state index is 6.02. The summed E-state index contributed by atoms with van der Waals surface area (Å²) in [7, 11) is 1.71. The number of nitrogens with one attached hydrogen (secondary N) is 1. The molecule has 0 aliphatic rings. The number of aryl methyl sites for hydroxylation is 1. The van der Waals surface area contributed by atoms with E-state index in [0.29, 0.717) is 11.6 Å². The smallest absolute Gasteiger partial charge is 0.138 e. The van der Waals surface area contributed by atoms with Gasteiger partial charge >= 0.3 is 0 Å². The summed E-state index contributed by atoms with van der Waals surface area (Å²) in [5.74, 6) is 0.755. The molecule has 1 N–H and O–H groups in total. The predicted octanol–water partition coefficient (Wildman–Crippen LogP) is 2.65. The van der Waals surface area contributed by atoms with Crippen molar-refractivity contribution in [2.45, 2.75) is 13.3 Å². The summed E-state index contributed by atoms with van der Waals surface area (Å²) in [6, 6.07) is 5.78. The topological polar surface area (TPSA) is 30.5 Å². The third-order valence-electron chi connectivity index (χ3n) is 2.33. The second-order valence-corrected chi connectivity index (χ2v) is 4.29. The van der Waals surface area contributed by atoms with E-state index in [1.807, 2.05) is 25.1 Å². The molecule has 0 fully saturated rings. The van der Waals surface area contributed by atoms with Gasteiger partial charge in [0.25, 0.3) is 0 Å². The highest BCUT2D eigenvalue weighted by Gasteiger charge is 2.00. The molecule has 1 aromatic carbocycles. The van der Waals surface area contributed by atoms with E-state index >= 15 is 0 Å². The van der Waals surface area contributed by atoms with Gasteiger partial charge in [0.05, 0.1) is 5.02 Å². The Morgan fingerprint density at radius 2 is 2.06 bits per heavy atom. The summed E-state index contributed by atoms with van der Waals surface area (Å²) < 4.78 is 10.6. The zero-order chi connectivity index (χ0) is 12.5. The second kappa shape index (κ2) is 8.34. The Kier molecular flexibility index (Phi) is 7.01. The molecule has 0 spiro atoms. The van der Waals surface area contributed by atoms with E-state index in [4.69, 9.17) is 21.1 Å². The number of ether oxygens (including phenoxy) is 2. The minimum absolute atomic E-state index is 0.621. The van der Waals surface area contributed by atoms with Crippen LogP contribution in [0, 0.1) is 6.92 Å². The lowest BCUT2D eigenvalue weighted by atomic mass is 10.2. The fourth-order valence-corrected chi connectivity index (χ4v) is 1.59. The average molecular weight is 258 g/mol. The molecule has 96 valence electrons. The van der Waals surface area contributed by atoms with Crippen LogP contribution in [0.2, 0.25) is 5.02 Å². The molecule has 0 bridgehead atoms. The van der Waals surface area contributed by atoms with E-state index in [9.17, 15) is 0 Å². The summed E-state index contributed by atoms with van der Waals surface area (Å²) in [5, 5.41) is 3.94. The zero-order valence-electron chi connectivity index (χ0n) is 10.5. The lowest BCUT2D eigenvalue weighted by Gasteiger charge is -2.09. The highest BCUT2D eigenvalue weighted by molar-refractivity contribution is 6.32. The fourth-order valence-electron chi connectivity index (χ4n) is 1.42. The molecule has 0 saturated heterocycles. The number of hydrogen-bond acceptors (Lipinski definition) is 3. The lowest BCUT2D eigenvalue weighted by Crippen LogP contribution is -2.22. The molecule has 17 heavy (non-hydrogen) atoms. The van der Waals surface area contributed by atoms with Gasteiger partial charge in [0.2, 0.25) is 0 Å². The standard InChI is InChI=1S/C13H20ClNO2/c1-11-4-5-12(14)13(10-11)17-9-7-15-6-3-8-16-2/h4-5,10,15H,3,6-9H2,1-2H3. The first-order chi connectivity index (χ1) is 8.24. The number of methoxy groups -OCH3 is 1. The Morgan fingerprint density at radius 3 is 2.82 bits per heavy atom. The summed E-state index contributed by atoms with van der Waals surface area (Å²) in [6.07, 6.45) is 1.02. The molecule has 0 aromatic heterocycles. The highest BCUT2D eigenvalue weighted by Crippen LogP contribution is 2.24. The van der Waals surface area contributed by atoms with Crippen molar-refractivity contribution in [3.63, 3.8) is 0 Å². The van der Waals surface area contributed by atoms with Crippen molar-refractivity contribution in [2.24, 2.45) is 0 Å². The Bertz CT molecular complexity index is 331. The second-order valence-electron chi connectivity index (χ2n) is 3.88. The monoisotopic (exact) mass is 257 g/mol. The van der Waals surface area contributed by atoms with E-state index in [1.165, 1.54) is 0 Å². The maximum absolute atomic E-state index is 6.02. The minimum atomic E-state index is 0.621. The van der Waals surface area contributed by atoms with Gasteiger partial charge < -0.3 is 14.8 Å². The lowest BCUT2D eigenvalue weighted by molar-refractivity contribution is 0.193. The van der Waals surface area contributed by atoms with Gasteiger partial charge in [0, 0.05) is 20.3 Å². The van der Waals surface area contributed by atoms with E-state index in [0.717, 1.165) is 37.4 Å². The molecular weight excluding hydrogens is 238 g/mol. The van der Waals surface area contributed by atoms with Crippen LogP contribution in [0.3, 0.4) is 0 Å². The average Bonchev–Trinajstić information content (AvgIpc) is 2.32. The van der Waals surface area contributed by atoms with Gasteiger partial charge in [0.1, 0.15) is 12.4 Å². The van der Waals surface area contributed by atoms with Crippen LogP contribution in [0.1, 0.15) is 12.0 Å². The van der Waals surface area contributed by atoms with Gasteiger partial charge in [-0.3, -0.25) is 0 Å². The molecule has 0 radical (unpaired) electrons. The molecule has 0 unspecified atom stereocenters. The van der Waals surface area contributed by atoms with Gasteiger partial charge in [0.15, 0.2) is 0 Å². The molecule has 0 aliphatic heterocycles. The zero-order valence-corrected chi connectivity index (χ0v) is 11.2. The normalized spacial score (nSPS) is 10.5. The van der Waals surface area contributed by atoms with Gasteiger partial charge in [-0.05, 0) is 37.6 Å². The van der Waals surface area contributed by atoms with Crippen molar-refractivity contribution in [1.29, 1.82) is 0 Å². The highest BCUT2D eigenvalue weighted by atomic mass is 35.5. The van der Waals surface area contributed by atoms with E-state index in [-0.39, 0.29) is 0 Å². The van der Waals surface area contributed by atoms with Gasteiger partial charge in [-0.2, -0.15) is 0 Å². The van der Waals surface area contributed by atoms with E-state index in [2.05, 4.69) is 5.32 Å². The van der Waals surface area contributed by atoms with Crippen LogP contribution in [-0.2, 0) is 4.74 Å². The van der Waals surface area contributed by atoms with Crippen LogP contribution >= 0.6 is 11.6 Å². The van der Waals surface area contributed by atoms with Crippen LogP contribution in [0.4, 0.5) is 0 Å². The Labute approximate surface area is 108 Å². The Hall–Kier alpha value is -0.770. The number of halogens is 1. The third kappa shape index (κ3) is 5.91. The van der Waals surface area contributed by atoms with Crippen molar-refractivity contribution in [2.75, 3.05) is 33.4 Å². The molecular formula is C13H20ClNO2. The van der Waals surface area contributed by atoms with Crippen LogP contribution < -0.4 is 10.1 Å². The predicted molar refractivity (Wildman–Crippen MR) is 71.0 cm³/mol.